The fraction of sp³-hybridized carbons (Fsp3) is 0.533. The summed E-state index contributed by atoms with van der Waals surface area (Å²) in [6.45, 7) is 8.74. The number of nitrogens with one attached hydrogen (secondary N) is 2. The molecule has 1 aromatic rings. The molecule has 104 valence electrons. The van der Waals surface area contributed by atoms with Crippen LogP contribution < -0.4 is 15.8 Å². The Morgan fingerprint density at radius 2 is 1.89 bits per heavy atom. The Bertz CT molecular complexity index is 455. The zero-order valence-electron chi connectivity index (χ0n) is 12.2. The summed E-state index contributed by atoms with van der Waals surface area (Å²) in [5.74, 6) is 0.697. The van der Waals surface area contributed by atoms with Crippen LogP contribution in [0.3, 0.4) is 0 Å². The summed E-state index contributed by atoms with van der Waals surface area (Å²) in [4.78, 5) is 0. The number of benzene rings is 1. The molecule has 1 aliphatic heterocycles. The molecule has 1 atom stereocenters. The average Bonchev–Trinajstić information content (AvgIpc) is 2.64. The van der Waals surface area contributed by atoms with Gasteiger partial charge in [-0.25, -0.2) is 5.43 Å². The van der Waals surface area contributed by atoms with Crippen molar-refractivity contribution in [3.8, 4) is 0 Å². The van der Waals surface area contributed by atoms with Gasteiger partial charge in [0.2, 0.25) is 0 Å². The second kappa shape index (κ2) is 5.47. The molecule has 0 radical (unpaired) electrons. The minimum absolute atomic E-state index is 0.147. The summed E-state index contributed by atoms with van der Waals surface area (Å²) in [5.41, 5.74) is 5.68. The first-order valence-corrected chi connectivity index (χ1v) is 7.27. The van der Waals surface area contributed by atoms with E-state index in [2.05, 4.69) is 62.7 Å². The highest BCUT2D eigenvalue weighted by atomic mass is 32.1. The standard InChI is InChI=1S/C15H23N3S/c1-11(2)9-10-15(4)16-14(19)18(17-15)13-7-5-12(3)6-8-13/h5-8,11,17H,9-10H2,1-4H3,(H,16,19)/t15-/m1/s1. The van der Waals surface area contributed by atoms with Crippen molar-refractivity contribution >= 4 is 23.0 Å². The molecule has 1 saturated heterocycles. The van der Waals surface area contributed by atoms with E-state index >= 15 is 0 Å². The van der Waals surface area contributed by atoms with Crippen LogP contribution >= 0.6 is 12.2 Å². The molecular formula is C15H23N3S. The fourth-order valence-electron chi connectivity index (χ4n) is 2.19. The number of hydrazine groups is 1. The van der Waals surface area contributed by atoms with Gasteiger partial charge >= 0.3 is 0 Å². The first-order valence-electron chi connectivity index (χ1n) is 6.86. The van der Waals surface area contributed by atoms with Crippen LogP contribution in [0.2, 0.25) is 0 Å². The maximum Gasteiger partial charge on any atom is 0.189 e. The zero-order valence-corrected chi connectivity index (χ0v) is 13.0. The van der Waals surface area contributed by atoms with Crippen molar-refractivity contribution in [2.45, 2.75) is 46.2 Å². The lowest BCUT2D eigenvalue weighted by Crippen LogP contribution is -2.48. The number of anilines is 1. The molecule has 0 bridgehead atoms. The van der Waals surface area contributed by atoms with E-state index in [1.165, 1.54) is 12.0 Å². The van der Waals surface area contributed by atoms with E-state index in [-0.39, 0.29) is 5.66 Å². The van der Waals surface area contributed by atoms with Crippen LogP contribution in [-0.4, -0.2) is 10.8 Å². The molecule has 0 spiro atoms. The van der Waals surface area contributed by atoms with Crippen LogP contribution in [-0.2, 0) is 0 Å². The summed E-state index contributed by atoms with van der Waals surface area (Å²) >= 11 is 5.44. The van der Waals surface area contributed by atoms with E-state index in [9.17, 15) is 0 Å². The molecule has 0 aromatic heterocycles. The summed E-state index contributed by atoms with van der Waals surface area (Å²) < 4.78 is 0. The van der Waals surface area contributed by atoms with Crippen LogP contribution in [0.4, 0.5) is 5.69 Å². The van der Waals surface area contributed by atoms with Gasteiger partial charge in [0, 0.05) is 0 Å². The van der Waals surface area contributed by atoms with Crippen molar-refractivity contribution in [2.24, 2.45) is 5.92 Å². The largest absolute Gasteiger partial charge is 0.342 e. The van der Waals surface area contributed by atoms with Gasteiger partial charge in [-0.2, -0.15) is 0 Å². The Morgan fingerprint density at radius 3 is 2.47 bits per heavy atom. The van der Waals surface area contributed by atoms with Crippen LogP contribution in [0, 0.1) is 12.8 Å². The molecule has 2 N–H and O–H groups in total. The second-order valence-corrected chi connectivity index (χ2v) is 6.36. The van der Waals surface area contributed by atoms with Crippen LogP contribution in [0.25, 0.3) is 0 Å². The van der Waals surface area contributed by atoms with Gasteiger partial charge in [0.05, 0.1) is 5.69 Å². The predicted octanol–water partition coefficient (Wildman–Crippen LogP) is 3.35. The molecule has 2 rings (SSSR count). The maximum atomic E-state index is 5.44. The Kier molecular flexibility index (Phi) is 4.11. The lowest BCUT2D eigenvalue weighted by molar-refractivity contribution is 0.318. The highest BCUT2D eigenvalue weighted by Crippen LogP contribution is 2.23. The first kappa shape index (κ1) is 14.3. The molecule has 1 aromatic carbocycles. The molecule has 19 heavy (non-hydrogen) atoms. The van der Waals surface area contributed by atoms with Crippen LogP contribution in [0.1, 0.15) is 39.2 Å². The normalized spacial score (nSPS) is 23.0. The molecule has 1 fully saturated rings. The van der Waals surface area contributed by atoms with Gasteiger partial charge in [0.15, 0.2) is 5.11 Å². The third-order valence-corrected chi connectivity index (χ3v) is 3.74. The molecular weight excluding hydrogens is 254 g/mol. The second-order valence-electron chi connectivity index (χ2n) is 5.98. The molecule has 0 unspecified atom stereocenters. The Morgan fingerprint density at radius 1 is 1.26 bits per heavy atom. The predicted molar refractivity (Wildman–Crippen MR) is 85.0 cm³/mol. The summed E-state index contributed by atoms with van der Waals surface area (Å²) in [6, 6.07) is 8.38. The van der Waals surface area contributed by atoms with Gasteiger partial charge in [0.25, 0.3) is 0 Å². The summed E-state index contributed by atoms with van der Waals surface area (Å²) in [5, 5.41) is 6.11. The lowest BCUT2D eigenvalue weighted by Gasteiger charge is -2.26. The monoisotopic (exact) mass is 277 g/mol. The van der Waals surface area contributed by atoms with Gasteiger partial charge in [0.1, 0.15) is 5.66 Å². The van der Waals surface area contributed by atoms with E-state index < -0.39 is 0 Å². The highest BCUT2D eigenvalue weighted by Gasteiger charge is 2.36. The fourth-order valence-corrected chi connectivity index (χ4v) is 2.57. The third kappa shape index (κ3) is 3.45. The van der Waals surface area contributed by atoms with Crippen molar-refractivity contribution in [1.82, 2.24) is 10.7 Å². The smallest absolute Gasteiger partial charge is 0.189 e. The third-order valence-electron chi connectivity index (χ3n) is 3.46. The van der Waals surface area contributed by atoms with Gasteiger partial charge in [-0.05, 0) is 57.0 Å². The molecule has 0 saturated carbocycles. The number of nitrogens with zero attached hydrogens (tertiary/aromatic N) is 1. The topological polar surface area (TPSA) is 27.3 Å². The van der Waals surface area contributed by atoms with Gasteiger partial charge in [-0.15, -0.1) is 0 Å². The minimum Gasteiger partial charge on any atom is -0.342 e. The summed E-state index contributed by atoms with van der Waals surface area (Å²) in [6.07, 6.45) is 2.22. The maximum absolute atomic E-state index is 5.44. The van der Waals surface area contributed by atoms with Gasteiger partial charge in [-0.1, -0.05) is 31.5 Å². The van der Waals surface area contributed by atoms with Crippen molar-refractivity contribution < 1.29 is 0 Å². The Labute approximate surface area is 121 Å². The molecule has 3 nitrogen and oxygen atoms in total. The Hall–Kier alpha value is -1.13. The number of rotatable bonds is 4. The first-order chi connectivity index (χ1) is 8.89. The number of aryl methyl sites for hydroxylation is 1. The van der Waals surface area contributed by atoms with Crippen molar-refractivity contribution in [2.75, 3.05) is 5.01 Å². The number of hydrogen-bond donors (Lipinski definition) is 2. The highest BCUT2D eigenvalue weighted by molar-refractivity contribution is 7.80. The van der Waals surface area contributed by atoms with E-state index in [0.717, 1.165) is 17.2 Å². The molecule has 1 aliphatic rings. The SMILES string of the molecule is Cc1ccc(N2N[C@](C)(CCC(C)C)NC2=S)cc1. The number of thiocarbonyl (C=S) groups is 1. The van der Waals surface area contributed by atoms with E-state index in [1.807, 2.05) is 5.01 Å². The average molecular weight is 277 g/mol. The Balaban J connectivity index is 2.08. The quantitative estimate of drug-likeness (QED) is 0.825. The van der Waals surface area contributed by atoms with Gasteiger partial charge in [-0.3, -0.25) is 5.01 Å². The van der Waals surface area contributed by atoms with Crippen LogP contribution in [0.5, 0.6) is 0 Å². The molecule has 0 amide bonds. The van der Waals surface area contributed by atoms with E-state index in [0.29, 0.717) is 5.92 Å². The van der Waals surface area contributed by atoms with Crippen LogP contribution in [0.15, 0.2) is 24.3 Å². The van der Waals surface area contributed by atoms with Crippen molar-refractivity contribution in [3.05, 3.63) is 29.8 Å². The lowest BCUT2D eigenvalue weighted by atomic mass is 10.0. The van der Waals surface area contributed by atoms with E-state index in [4.69, 9.17) is 12.2 Å². The van der Waals surface area contributed by atoms with Crippen molar-refractivity contribution in [1.29, 1.82) is 0 Å². The van der Waals surface area contributed by atoms with Gasteiger partial charge < -0.3 is 5.32 Å². The molecule has 4 heteroatoms. The zero-order chi connectivity index (χ0) is 14.0. The molecule has 1 heterocycles. The number of hydrogen-bond acceptors (Lipinski definition) is 2. The summed E-state index contributed by atoms with van der Waals surface area (Å²) in [7, 11) is 0. The van der Waals surface area contributed by atoms with E-state index in [1.54, 1.807) is 0 Å². The minimum atomic E-state index is -0.147. The molecule has 0 aliphatic carbocycles. The van der Waals surface area contributed by atoms with Crippen molar-refractivity contribution in [3.63, 3.8) is 0 Å².